The summed E-state index contributed by atoms with van der Waals surface area (Å²) in [4.78, 5) is 23.0. The maximum atomic E-state index is 11.5. The molecular formula is C18H16O4. The molecule has 0 aliphatic heterocycles. The smallest absolute Gasteiger partial charge is 0.303 e. The van der Waals surface area contributed by atoms with Crippen molar-refractivity contribution in [2.45, 2.75) is 26.1 Å². The third kappa shape index (κ3) is 2.48. The summed E-state index contributed by atoms with van der Waals surface area (Å²) in [6.07, 6.45) is -1.26. The van der Waals surface area contributed by atoms with Crippen molar-refractivity contribution in [2.24, 2.45) is 0 Å². The standard InChI is InChI=1S/C18H16O4/c1-11(19)21-17-15-9-5-3-7-13(15)14-8-4-6-10-16(14)18(17)22-12(2)20/h3-10,17-18H,1-2H3/t17-,18+. The summed E-state index contributed by atoms with van der Waals surface area (Å²) >= 11 is 0. The summed E-state index contributed by atoms with van der Waals surface area (Å²) in [7, 11) is 0. The molecule has 2 aromatic rings. The van der Waals surface area contributed by atoms with Crippen LogP contribution in [0.2, 0.25) is 0 Å². The van der Waals surface area contributed by atoms with Crippen LogP contribution < -0.4 is 0 Å². The van der Waals surface area contributed by atoms with Gasteiger partial charge in [-0.05, 0) is 11.1 Å². The topological polar surface area (TPSA) is 52.6 Å². The average Bonchev–Trinajstić information content (AvgIpc) is 2.50. The minimum Gasteiger partial charge on any atom is -0.453 e. The van der Waals surface area contributed by atoms with Crippen molar-refractivity contribution < 1.29 is 19.1 Å². The molecule has 4 nitrogen and oxygen atoms in total. The quantitative estimate of drug-likeness (QED) is 0.795. The lowest BCUT2D eigenvalue weighted by atomic mass is 9.82. The summed E-state index contributed by atoms with van der Waals surface area (Å²) in [5.41, 5.74) is 3.69. The van der Waals surface area contributed by atoms with E-state index in [-0.39, 0.29) is 0 Å². The fourth-order valence-corrected chi connectivity index (χ4v) is 2.92. The van der Waals surface area contributed by atoms with Crippen molar-refractivity contribution in [2.75, 3.05) is 0 Å². The van der Waals surface area contributed by atoms with Crippen molar-refractivity contribution >= 4 is 11.9 Å². The number of hydrogen-bond donors (Lipinski definition) is 0. The second kappa shape index (κ2) is 5.64. The predicted octanol–water partition coefficient (Wildman–Crippen LogP) is 3.58. The summed E-state index contributed by atoms with van der Waals surface area (Å²) in [5.74, 6) is -0.812. The first kappa shape index (κ1) is 14.3. The van der Waals surface area contributed by atoms with Gasteiger partial charge in [-0.1, -0.05) is 48.5 Å². The number of benzene rings is 2. The monoisotopic (exact) mass is 296 g/mol. The first-order valence-corrected chi connectivity index (χ1v) is 7.10. The Hall–Kier alpha value is -2.62. The Bertz CT molecular complexity index is 672. The highest BCUT2D eigenvalue weighted by molar-refractivity contribution is 5.77. The van der Waals surface area contributed by atoms with Gasteiger partial charge in [0.1, 0.15) is 0 Å². The van der Waals surface area contributed by atoms with Crippen molar-refractivity contribution in [1.29, 1.82) is 0 Å². The van der Waals surface area contributed by atoms with E-state index in [9.17, 15) is 9.59 Å². The largest absolute Gasteiger partial charge is 0.453 e. The number of carbonyl (C=O) groups is 2. The SMILES string of the molecule is CC(=O)O[C@@H]1c2ccccc2-c2ccccc2[C@@H]1OC(C)=O. The summed E-state index contributed by atoms with van der Waals surface area (Å²) < 4.78 is 10.9. The van der Waals surface area contributed by atoms with Crippen LogP contribution in [-0.2, 0) is 19.1 Å². The van der Waals surface area contributed by atoms with Crippen LogP contribution in [0.25, 0.3) is 11.1 Å². The minimum atomic E-state index is -0.632. The van der Waals surface area contributed by atoms with Crippen LogP contribution in [0.4, 0.5) is 0 Å². The van der Waals surface area contributed by atoms with Gasteiger partial charge in [-0.3, -0.25) is 9.59 Å². The molecular weight excluding hydrogens is 280 g/mol. The van der Waals surface area contributed by atoms with Gasteiger partial charge < -0.3 is 9.47 Å². The molecule has 0 aromatic heterocycles. The van der Waals surface area contributed by atoms with Crippen LogP contribution in [0.3, 0.4) is 0 Å². The van der Waals surface area contributed by atoms with Crippen molar-refractivity contribution in [3.63, 3.8) is 0 Å². The third-order valence-electron chi connectivity index (χ3n) is 3.69. The zero-order chi connectivity index (χ0) is 15.7. The number of hydrogen-bond acceptors (Lipinski definition) is 4. The van der Waals surface area contributed by atoms with E-state index in [1.54, 1.807) is 0 Å². The minimum absolute atomic E-state index is 0.406. The van der Waals surface area contributed by atoms with Gasteiger partial charge in [-0.25, -0.2) is 0 Å². The van der Waals surface area contributed by atoms with E-state index in [4.69, 9.17) is 9.47 Å². The van der Waals surface area contributed by atoms with Crippen LogP contribution in [0.5, 0.6) is 0 Å². The average molecular weight is 296 g/mol. The molecule has 1 aliphatic carbocycles. The number of fused-ring (bicyclic) bond motifs is 3. The Morgan fingerprint density at radius 3 is 1.45 bits per heavy atom. The molecule has 2 aromatic carbocycles. The number of carbonyl (C=O) groups excluding carboxylic acids is 2. The second-order valence-corrected chi connectivity index (χ2v) is 5.23. The Morgan fingerprint density at radius 2 is 1.09 bits per heavy atom. The molecule has 0 saturated carbocycles. The van der Waals surface area contributed by atoms with Gasteiger partial charge in [0.2, 0.25) is 0 Å². The number of ether oxygens (including phenoxy) is 2. The van der Waals surface area contributed by atoms with Gasteiger partial charge in [0.25, 0.3) is 0 Å². The highest BCUT2D eigenvalue weighted by Gasteiger charge is 2.37. The van der Waals surface area contributed by atoms with Crippen LogP contribution in [0.15, 0.2) is 48.5 Å². The number of rotatable bonds is 2. The summed E-state index contributed by atoms with van der Waals surface area (Å²) in [6.45, 7) is 2.71. The Balaban J connectivity index is 2.19. The molecule has 22 heavy (non-hydrogen) atoms. The third-order valence-corrected chi connectivity index (χ3v) is 3.69. The lowest BCUT2D eigenvalue weighted by Crippen LogP contribution is -2.25. The molecule has 0 unspecified atom stereocenters. The van der Waals surface area contributed by atoms with E-state index in [1.165, 1.54) is 13.8 Å². The molecule has 3 rings (SSSR count). The molecule has 0 fully saturated rings. The maximum Gasteiger partial charge on any atom is 0.303 e. The molecule has 112 valence electrons. The Morgan fingerprint density at radius 1 is 0.727 bits per heavy atom. The van der Waals surface area contributed by atoms with E-state index < -0.39 is 24.1 Å². The maximum absolute atomic E-state index is 11.5. The molecule has 0 N–H and O–H groups in total. The van der Waals surface area contributed by atoms with Gasteiger partial charge in [0.15, 0.2) is 12.2 Å². The van der Waals surface area contributed by atoms with E-state index in [0.717, 1.165) is 22.3 Å². The molecule has 2 atom stereocenters. The Labute approximate surface area is 128 Å². The lowest BCUT2D eigenvalue weighted by molar-refractivity contribution is -0.167. The van der Waals surface area contributed by atoms with Crippen molar-refractivity contribution in [3.05, 3.63) is 59.7 Å². The van der Waals surface area contributed by atoms with Crippen LogP contribution in [0.1, 0.15) is 37.2 Å². The zero-order valence-corrected chi connectivity index (χ0v) is 12.4. The molecule has 0 radical (unpaired) electrons. The molecule has 0 saturated heterocycles. The van der Waals surface area contributed by atoms with Crippen molar-refractivity contribution in [1.82, 2.24) is 0 Å². The highest BCUT2D eigenvalue weighted by Crippen LogP contribution is 2.47. The van der Waals surface area contributed by atoms with Gasteiger partial charge in [0, 0.05) is 25.0 Å². The predicted molar refractivity (Wildman–Crippen MR) is 80.9 cm³/mol. The first-order chi connectivity index (χ1) is 10.6. The summed E-state index contributed by atoms with van der Waals surface area (Å²) in [6, 6.07) is 15.4. The highest BCUT2D eigenvalue weighted by atomic mass is 16.6. The van der Waals surface area contributed by atoms with E-state index in [2.05, 4.69) is 0 Å². The molecule has 0 bridgehead atoms. The fourth-order valence-electron chi connectivity index (χ4n) is 2.92. The molecule has 0 spiro atoms. The van der Waals surface area contributed by atoms with Crippen LogP contribution in [-0.4, -0.2) is 11.9 Å². The zero-order valence-electron chi connectivity index (χ0n) is 12.4. The summed E-state index contributed by atoms with van der Waals surface area (Å²) in [5, 5.41) is 0. The van der Waals surface area contributed by atoms with Gasteiger partial charge >= 0.3 is 11.9 Å². The van der Waals surface area contributed by atoms with E-state index in [0.29, 0.717) is 0 Å². The molecule has 4 heteroatoms. The van der Waals surface area contributed by atoms with Gasteiger partial charge in [0.05, 0.1) is 0 Å². The molecule has 0 heterocycles. The second-order valence-electron chi connectivity index (χ2n) is 5.23. The number of esters is 2. The molecule has 1 aliphatic rings. The lowest BCUT2D eigenvalue weighted by Gasteiger charge is -2.34. The van der Waals surface area contributed by atoms with Crippen LogP contribution >= 0.6 is 0 Å². The van der Waals surface area contributed by atoms with E-state index in [1.807, 2.05) is 48.5 Å². The van der Waals surface area contributed by atoms with Crippen molar-refractivity contribution in [3.8, 4) is 11.1 Å². The normalized spacial score (nSPS) is 18.8. The fraction of sp³-hybridized carbons (Fsp3) is 0.222. The van der Waals surface area contributed by atoms with Gasteiger partial charge in [-0.15, -0.1) is 0 Å². The van der Waals surface area contributed by atoms with Gasteiger partial charge in [-0.2, -0.15) is 0 Å². The Kier molecular flexibility index (Phi) is 3.67. The first-order valence-electron chi connectivity index (χ1n) is 7.10. The molecule has 0 amide bonds. The van der Waals surface area contributed by atoms with Crippen LogP contribution in [0, 0.1) is 0 Å². The van der Waals surface area contributed by atoms with E-state index >= 15 is 0 Å².